The van der Waals surface area contributed by atoms with Crippen LogP contribution < -0.4 is 0 Å². The molecule has 1 aromatic heterocycles. The molecule has 0 saturated carbocycles. The van der Waals surface area contributed by atoms with Crippen LogP contribution in [0.15, 0.2) is 30.6 Å². The van der Waals surface area contributed by atoms with Crippen LogP contribution in [-0.4, -0.2) is 53.8 Å². The third kappa shape index (κ3) is 2.73. The number of carbonyl (C=O) groups excluding carboxylic acids is 1. The lowest BCUT2D eigenvalue weighted by Gasteiger charge is -2.16. The van der Waals surface area contributed by atoms with E-state index in [0.29, 0.717) is 24.0 Å². The van der Waals surface area contributed by atoms with Crippen LogP contribution in [0.4, 0.5) is 0 Å². The van der Waals surface area contributed by atoms with Crippen LogP contribution in [0.5, 0.6) is 0 Å². The number of hydrogen-bond acceptors (Lipinski definition) is 5. The fourth-order valence-corrected chi connectivity index (χ4v) is 3.53. The number of nitrogens with zero attached hydrogens (tertiary/aromatic N) is 3. The van der Waals surface area contributed by atoms with Crippen molar-refractivity contribution in [1.29, 1.82) is 0 Å². The second kappa shape index (κ2) is 5.07. The zero-order valence-corrected chi connectivity index (χ0v) is 12.4. The number of carbonyl (C=O) groups is 1. The molecule has 2 heterocycles. The SMILES string of the molecule is CS(=O)(=O)C1CCN(C(=O)c2ccc3nccnc3c2)C1. The molecule has 0 spiro atoms. The van der Waals surface area contributed by atoms with Gasteiger partial charge in [0.05, 0.1) is 16.3 Å². The maximum absolute atomic E-state index is 12.4. The second-order valence-corrected chi connectivity index (χ2v) is 7.58. The van der Waals surface area contributed by atoms with E-state index >= 15 is 0 Å². The molecule has 3 rings (SSSR count). The summed E-state index contributed by atoms with van der Waals surface area (Å²) in [5.74, 6) is -0.159. The Balaban J connectivity index is 1.84. The number of likely N-dealkylation sites (tertiary alicyclic amines) is 1. The maximum atomic E-state index is 12.4. The Labute approximate surface area is 122 Å². The van der Waals surface area contributed by atoms with Crippen LogP contribution in [0.25, 0.3) is 11.0 Å². The number of hydrogen-bond donors (Lipinski definition) is 0. The number of rotatable bonds is 2. The molecule has 0 N–H and O–H groups in total. The molecule has 1 aliphatic heterocycles. The predicted molar refractivity (Wildman–Crippen MR) is 78.7 cm³/mol. The van der Waals surface area contributed by atoms with Crippen molar-refractivity contribution in [1.82, 2.24) is 14.9 Å². The number of fused-ring (bicyclic) bond motifs is 1. The molecule has 110 valence electrons. The van der Waals surface area contributed by atoms with Crippen LogP contribution in [0.3, 0.4) is 0 Å². The quantitative estimate of drug-likeness (QED) is 0.823. The van der Waals surface area contributed by atoms with Crippen molar-refractivity contribution in [3.63, 3.8) is 0 Å². The molecule has 1 aliphatic rings. The molecule has 1 aromatic carbocycles. The zero-order valence-electron chi connectivity index (χ0n) is 11.6. The molecular weight excluding hydrogens is 290 g/mol. The van der Waals surface area contributed by atoms with E-state index in [1.165, 1.54) is 6.26 Å². The Kier molecular flexibility index (Phi) is 3.36. The van der Waals surface area contributed by atoms with Crippen LogP contribution in [-0.2, 0) is 9.84 Å². The third-order valence-electron chi connectivity index (χ3n) is 3.75. The Hall–Kier alpha value is -2.02. The average Bonchev–Trinajstić information content (AvgIpc) is 2.96. The van der Waals surface area contributed by atoms with Crippen LogP contribution in [0.1, 0.15) is 16.8 Å². The summed E-state index contributed by atoms with van der Waals surface area (Å²) in [6, 6.07) is 5.14. The van der Waals surface area contributed by atoms with Crippen molar-refractivity contribution in [2.45, 2.75) is 11.7 Å². The van der Waals surface area contributed by atoms with Gasteiger partial charge in [-0.25, -0.2) is 8.42 Å². The lowest BCUT2D eigenvalue weighted by molar-refractivity contribution is 0.0793. The van der Waals surface area contributed by atoms with Gasteiger partial charge in [-0.1, -0.05) is 0 Å². The topological polar surface area (TPSA) is 80.2 Å². The van der Waals surface area contributed by atoms with E-state index in [4.69, 9.17) is 0 Å². The Morgan fingerprint density at radius 3 is 2.62 bits per heavy atom. The first-order valence-electron chi connectivity index (χ1n) is 6.64. The van der Waals surface area contributed by atoms with Crippen molar-refractivity contribution in [3.05, 3.63) is 36.2 Å². The molecule has 6 nitrogen and oxygen atoms in total. The monoisotopic (exact) mass is 305 g/mol. The van der Waals surface area contributed by atoms with E-state index < -0.39 is 15.1 Å². The van der Waals surface area contributed by atoms with Crippen molar-refractivity contribution in [2.24, 2.45) is 0 Å². The number of sulfone groups is 1. The smallest absolute Gasteiger partial charge is 0.253 e. The molecule has 0 radical (unpaired) electrons. The highest BCUT2D eigenvalue weighted by molar-refractivity contribution is 7.91. The first-order valence-corrected chi connectivity index (χ1v) is 8.59. The Bertz CT molecular complexity index is 804. The van der Waals surface area contributed by atoms with Crippen LogP contribution in [0, 0.1) is 0 Å². The van der Waals surface area contributed by atoms with Gasteiger partial charge in [-0.15, -0.1) is 0 Å². The van der Waals surface area contributed by atoms with E-state index in [9.17, 15) is 13.2 Å². The summed E-state index contributed by atoms with van der Waals surface area (Å²) in [6.45, 7) is 0.727. The van der Waals surface area contributed by atoms with Gasteiger partial charge in [-0.3, -0.25) is 14.8 Å². The van der Waals surface area contributed by atoms with Gasteiger partial charge in [-0.2, -0.15) is 0 Å². The minimum Gasteiger partial charge on any atom is -0.337 e. The predicted octanol–water partition coefficient (Wildman–Crippen LogP) is 0.889. The molecule has 1 amide bonds. The summed E-state index contributed by atoms with van der Waals surface area (Å²) in [7, 11) is -3.10. The molecule has 0 bridgehead atoms. The maximum Gasteiger partial charge on any atom is 0.253 e. The van der Waals surface area contributed by atoms with Gasteiger partial charge in [0.1, 0.15) is 0 Å². The molecule has 21 heavy (non-hydrogen) atoms. The molecule has 1 atom stereocenters. The highest BCUT2D eigenvalue weighted by atomic mass is 32.2. The molecule has 7 heteroatoms. The standard InChI is InChI=1S/C14H15N3O3S/c1-21(19,20)11-4-7-17(9-11)14(18)10-2-3-12-13(8-10)16-6-5-15-12/h2-3,5-6,8,11H,4,7,9H2,1H3. The lowest BCUT2D eigenvalue weighted by atomic mass is 10.1. The Morgan fingerprint density at radius 1 is 1.24 bits per heavy atom. The van der Waals surface area contributed by atoms with Gasteiger partial charge in [0.2, 0.25) is 0 Å². The summed E-state index contributed by atoms with van der Waals surface area (Å²) in [6.07, 6.45) is 4.89. The van der Waals surface area contributed by atoms with Gasteiger partial charge in [0.15, 0.2) is 9.84 Å². The van der Waals surface area contributed by atoms with E-state index in [1.807, 2.05) is 0 Å². The summed E-state index contributed by atoms with van der Waals surface area (Å²) in [5.41, 5.74) is 1.89. The molecule has 1 saturated heterocycles. The third-order valence-corrected chi connectivity index (χ3v) is 5.35. The molecule has 2 aromatic rings. The van der Waals surface area contributed by atoms with E-state index in [2.05, 4.69) is 9.97 Å². The minimum absolute atomic E-state index is 0.159. The normalized spacial score (nSPS) is 19.1. The highest BCUT2D eigenvalue weighted by Gasteiger charge is 2.32. The van der Waals surface area contributed by atoms with Crippen molar-refractivity contribution < 1.29 is 13.2 Å². The summed E-state index contributed by atoms with van der Waals surface area (Å²) < 4.78 is 23.1. The molecule has 1 fully saturated rings. The van der Waals surface area contributed by atoms with Crippen LogP contribution >= 0.6 is 0 Å². The summed E-state index contributed by atoms with van der Waals surface area (Å²) in [4.78, 5) is 22.4. The van der Waals surface area contributed by atoms with E-state index in [-0.39, 0.29) is 12.5 Å². The Morgan fingerprint density at radius 2 is 1.95 bits per heavy atom. The van der Waals surface area contributed by atoms with Crippen LogP contribution in [0.2, 0.25) is 0 Å². The van der Waals surface area contributed by atoms with E-state index in [0.717, 1.165) is 5.52 Å². The first kappa shape index (κ1) is 13.9. The number of aromatic nitrogens is 2. The fraction of sp³-hybridized carbons (Fsp3) is 0.357. The van der Waals surface area contributed by atoms with Crippen molar-refractivity contribution in [2.75, 3.05) is 19.3 Å². The van der Waals surface area contributed by atoms with Gasteiger partial charge >= 0.3 is 0 Å². The number of benzene rings is 1. The zero-order chi connectivity index (χ0) is 15.0. The van der Waals surface area contributed by atoms with Gasteiger partial charge in [0.25, 0.3) is 5.91 Å². The first-order chi connectivity index (χ1) is 9.95. The molecular formula is C14H15N3O3S. The fourth-order valence-electron chi connectivity index (χ4n) is 2.54. The molecule has 0 aliphatic carbocycles. The van der Waals surface area contributed by atoms with Gasteiger partial charge in [0, 0.05) is 37.3 Å². The lowest BCUT2D eigenvalue weighted by Crippen LogP contribution is -2.31. The highest BCUT2D eigenvalue weighted by Crippen LogP contribution is 2.20. The summed E-state index contributed by atoms with van der Waals surface area (Å²) >= 11 is 0. The summed E-state index contributed by atoms with van der Waals surface area (Å²) in [5, 5.41) is -0.457. The largest absolute Gasteiger partial charge is 0.337 e. The van der Waals surface area contributed by atoms with Gasteiger partial charge in [-0.05, 0) is 24.6 Å². The number of amides is 1. The minimum atomic E-state index is -3.10. The van der Waals surface area contributed by atoms with Crippen molar-refractivity contribution in [3.8, 4) is 0 Å². The van der Waals surface area contributed by atoms with Crippen molar-refractivity contribution >= 4 is 26.8 Å². The second-order valence-electron chi connectivity index (χ2n) is 5.25. The molecule has 1 unspecified atom stereocenters. The average molecular weight is 305 g/mol. The van der Waals surface area contributed by atoms with E-state index in [1.54, 1.807) is 35.5 Å². The van der Waals surface area contributed by atoms with Gasteiger partial charge < -0.3 is 4.90 Å².